The summed E-state index contributed by atoms with van der Waals surface area (Å²) in [6.07, 6.45) is 4.33. The molecule has 3 heterocycles. The van der Waals surface area contributed by atoms with Crippen LogP contribution in [-0.2, 0) is 9.53 Å². The van der Waals surface area contributed by atoms with Gasteiger partial charge in [-0.25, -0.2) is 4.68 Å². The highest BCUT2D eigenvalue weighted by atomic mass is 32.2. The summed E-state index contributed by atoms with van der Waals surface area (Å²) in [7, 11) is 0. The fourth-order valence-corrected chi connectivity index (χ4v) is 5.34. The van der Waals surface area contributed by atoms with Crippen molar-refractivity contribution in [3.63, 3.8) is 0 Å². The summed E-state index contributed by atoms with van der Waals surface area (Å²) in [5.74, 6) is 0.684. The van der Waals surface area contributed by atoms with Crippen LogP contribution in [0, 0.1) is 6.92 Å². The fraction of sp³-hybridized carbons (Fsp3) is 0.333. The van der Waals surface area contributed by atoms with E-state index in [0.29, 0.717) is 12.3 Å². The minimum Gasteiger partial charge on any atom is -0.376 e. The van der Waals surface area contributed by atoms with E-state index >= 15 is 0 Å². The number of hydrogen-bond donors (Lipinski definition) is 0. The van der Waals surface area contributed by atoms with Crippen molar-refractivity contribution in [2.45, 2.75) is 31.2 Å². The van der Waals surface area contributed by atoms with Crippen molar-refractivity contribution in [3.05, 3.63) is 71.9 Å². The zero-order chi connectivity index (χ0) is 20.5. The van der Waals surface area contributed by atoms with Gasteiger partial charge in [-0.05, 0) is 31.9 Å². The Kier molecular flexibility index (Phi) is 5.35. The second-order valence-electron chi connectivity index (χ2n) is 7.92. The summed E-state index contributed by atoms with van der Waals surface area (Å²) in [6, 6.07) is 18.6. The number of ether oxygens (including phenoxy) is 1. The van der Waals surface area contributed by atoms with Crippen LogP contribution in [0.25, 0.3) is 16.9 Å². The van der Waals surface area contributed by atoms with E-state index in [0.717, 1.165) is 42.0 Å². The first-order valence-corrected chi connectivity index (χ1v) is 11.5. The molecule has 5 rings (SSSR count). The molecule has 2 atom stereocenters. The van der Waals surface area contributed by atoms with Crippen LogP contribution in [0.1, 0.15) is 29.3 Å². The van der Waals surface area contributed by atoms with Crippen LogP contribution in [-0.4, -0.2) is 45.6 Å². The number of carbonyl (C=O) groups excluding carboxylic acids is 1. The van der Waals surface area contributed by atoms with E-state index in [1.54, 1.807) is 11.8 Å². The molecule has 2 unspecified atom stereocenters. The Labute approximate surface area is 181 Å². The number of hydrogen-bond acceptors (Lipinski definition) is 4. The largest absolute Gasteiger partial charge is 0.376 e. The van der Waals surface area contributed by atoms with E-state index in [4.69, 9.17) is 9.84 Å². The highest BCUT2D eigenvalue weighted by Gasteiger charge is 2.37. The van der Waals surface area contributed by atoms with Gasteiger partial charge in [0.05, 0.1) is 23.2 Å². The summed E-state index contributed by atoms with van der Waals surface area (Å²) in [4.78, 5) is 14.7. The summed E-state index contributed by atoms with van der Waals surface area (Å²) >= 11 is 1.68. The average molecular weight is 420 g/mol. The molecule has 2 saturated heterocycles. The van der Waals surface area contributed by atoms with E-state index in [1.165, 1.54) is 5.56 Å². The second-order valence-corrected chi connectivity index (χ2v) is 8.99. The van der Waals surface area contributed by atoms with Gasteiger partial charge in [-0.2, -0.15) is 5.10 Å². The first kappa shape index (κ1) is 19.4. The molecule has 0 radical (unpaired) electrons. The maximum atomic E-state index is 12.7. The molecule has 2 fully saturated rings. The number of benzene rings is 2. The Morgan fingerprint density at radius 2 is 1.93 bits per heavy atom. The molecule has 5 nitrogen and oxygen atoms in total. The van der Waals surface area contributed by atoms with Crippen molar-refractivity contribution in [3.8, 4) is 16.9 Å². The molecular weight excluding hydrogens is 394 g/mol. The number of amides is 1. The van der Waals surface area contributed by atoms with Crippen LogP contribution in [0.2, 0.25) is 0 Å². The third kappa shape index (κ3) is 3.77. The van der Waals surface area contributed by atoms with Crippen molar-refractivity contribution < 1.29 is 9.53 Å². The maximum absolute atomic E-state index is 12.7. The van der Waals surface area contributed by atoms with Crippen molar-refractivity contribution in [2.75, 3.05) is 18.9 Å². The van der Waals surface area contributed by atoms with Gasteiger partial charge in [-0.3, -0.25) is 4.79 Å². The topological polar surface area (TPSA) is 47.4 Å². The van der Waals surface area contributed by atoms with Gasteiger partial charge in [0.1, 0.15) is 5.37 Å². The zero-order valence-corrected chi connectivity index (χ0v) is 17.8. The summed E-state index contributed by atoms with van der Waals surface area (Å²) < 4.78 is 7.75. The lowest BCUT2D eigenvalue weighted by Crippen LogP contribution is -2.35. The number of aromatic nitrogens is 2. The third-order valence-electron chi connectivity index (χ3n) is 5.75. The predicted molar refractivity (Wildman–Crippen MR) is 120 cm³/mol. The third-order valence-corrected chi connectivity index (χ3v) is 6.98. The molecule has 2 aliphatic heterocycles. The number of nitrogens with zero attached hydrogens (tertiary/aromatic N) is 3. The summed E-state index contributed by atoms with van der Waals surface area (Å²) in [5, 5.41) is 4.90. The van der Waals surface area contributed by atoms with Gasteiger partial charge in [0, 0.05) is 30.5 Å². The van der Waals surface area contributed by atoms with Gasteiger partial charge in [0.2, 0.25) is 5.91 Å². The van der Waals surface area contributed by atoms with Gasteiger partial charge < -0.3 is 9.64 Å². The van der Waals surface area contributed by atoms with Crippen molar-refractivity contribution in [1.29, 1.82) is 0 Å². The molecule has 2 aliphatic rings. The Bertz CT molecular complexity index is 1030. The Hall–Kier alpha value is -2.57. The molecule has 0 bridgehead atoms. The van der Waals surface area contributed by atoms with E-state index < -0.39 is 0 Å². The molecule has 3 aromatic rings. The number of thioether (sulfide) groups is 1. The fourth-order valence-electron chi connectivity index (χ4n) is 4.13. The van der Waals surface area contributed by atoms with Crippen LogP contribution in [0.15, 0.2) is 60.8 Å². The first-order chi connectivity index (χ1) is 14.7. The molecule has 1 aromatic heterocycles. The predicted octanol–water partition coefficient (Wildman–Crippen LogP) is 4.60. The van der Waals surface area contributed by atoms with Gasteiger partial charge in [-0.1, -0.05) is 48.0 Å². The summed E-state index contributed by atoms with van der Waals surface area (Å²) in [6.45, 7) is 3.54. The number of rotatable bonds is 5. The van der Waals surface area contributed by atoms with E-state index in [2.05, 4.69) is 37.4 Å². The number of aryl methyl sites for hydroxylation is 1. The lowest BCUT2D eigenvalue weighted by Gasteiger charge is -2.26. The van der Waals surface area contributed by atoms with Gasteiger partial charge in [0.25, 0.3) is 0 Å². The van der Waals surface area contributed by atoms with Crippen LogP contribution >= 0.6 is 11.8 Å². The molecule has 0 aliphatic carbocycles. The van der Waals surface area contributed by atoms with Gasteiger partial charge in [0.15, 0.2) is 0 Å². The molecule has 0 spiro atoms. The monoisotopic (exact) mass is 419 g/mol. The number of carbonyl (C=O) groups is 1. The Morgan fingerprint density at radius 3 is 2.67 bits per heavy atom. The van der Waals surface area contributed by atoms with E-state index in [1.807, 2.05) is 39.9 Å². The Morgan fingerprint density at radius 1 is 1.13 bits per heavy atom. The van der Waals surface area contributed by atoms with Crippen LogP contribution in [0.4, 0.5) is 0 Å². The smallest absolute Gasteiger partial charge is 0.233 e. The molecule has 0 N–H and O–H groups in total. The average Bonchev–Trinajstić information content (AvgIpc) is 3.51. The lowest BCUT2D eigenvalue weighted by atomic mass is 10.1. The molecule has 0 saturated carbocycles. The van der Waals surface area contributed by atoms with Crippen LogP contribution in [0.5, 0.6) is 0 Å². The van der Waals surface area contributed by atoms with Crippen LogP contribution < -0.4 is 0 Å². The number of para-hydroxylation sites is 1. The Balaban J connectivity index is 1.56. The second kappa shape index (κ2) is 8.28. The zero-order valence-electron chi connectivity index (χ0n) is 17.0. The molecule has 6 heteroatoms. The van der Waals surface area contributed by atoms with Crippen molar-refractivity contribution >= 4 is 17.7 Å². The SMILES string of the molecule is Cc1ccc(-c2nn(-c3ccccc3)cc2C2SCC(=O)N2CC2CCCO2)cc1. The highest BCUT2D eigenvalue weighted by molar-refractivity contribution is 8.00. The molecule has 30 heavy (non-hydrogen) atoms. The van der Waals surface area contributed by atoms with Crippen LogP contribution in [0.3, 0.4) is 0 Å². The van der Waals surface area contributed by atoms with E-state index in [9.17, 15) is 4.79 Å². The van der Waals surface area contributed by atoms with Crippen molar-refractivity contribution in [1.82, 2.24) is 14.7 Å². The minimum atomic E-state index is -0.0459. The molecule has 1 amide bonds. The quantitative estimate of drug-likeness (QED) is 0.606. The maximum Gasteiger partial charge on any atom is 0.233 e. The normalized spacial score (nSPS) is 21.5. The lowest BCUT2D eigenvalue weighted by molar-refractivity contribution is -0.129. The highest BCUT2D eigenvalue weighted by Crippen LogP contribution is 2.43. The van der Waals surface area contributed by atoms with Crippen molar-refractivity contribution in [2.24, 2.45) is 0 Å². The summed E-state index contributed by atoms with van der Waals surface area (Å²) in [5.41, 5.74) is 5.31. The minimum absolute atomic E-state index is 0.0459. The van der Waals surface area contributed by atoms with Gasteiger partial charge >= 0.3 is 0 Å². The molecule has 2 aromatic carbocycles. The van der Waals surface area contributed by atoms with Gasteiger partial charge in [-0.15, -0.1) is 11.8 Å². The standard InChI is InChI=1S/C24H25N3O2S/c1-17-9-11-18(12-10-17)23-21(15-27(25-23)19-6-3-2-4-7-19)24-26(22(28)16-30-24)14-20-8-5-13-29-20/h2-4,6-7,9-12,15,20,24H,5,8,13-14,16H2,1H3. The first-order valence-electron chi connectivity index (χ1n) is 10.4. The van der Waals surface area contributed by atoms with E-state index in [-0.39, 0.29) is 17.4 Å². The molecular formula is C24H25N3O2S. The molecule has 154 valence electrons.